The third kappa shape index (κ3) is 3.23. The van der Waals surface area contributed by atoms with Gasteiger partial charge in [-0.1, -0.05) is 19.8 Å². The van der Waals surface area contributed by atoms with E-state index in [1.807, 2.05) is 0 Å². The molecule has 28 heavy (non-hydrogen) atoms. The van der Waals surface area contributed by atoms with Crippen molar-refractivity contribution in [2.24, 2.45) is 5.92 Å². The lowest BCUT2D eigenvalue weighted by Gasteiger charge is -2.32. The van der Waals surface area contributed by atoms with Gasteiger partial charge in [-0.2, -0.15) is 0 Å². The summed E-state index contributed by atoms with van der Waals surface area (Å²) in [6, 6.07) is 0. The Morgan fingerprint density at radius 1 is 0.429 bits per heavy atom. The third-order valence-electron chi connectivity index (χ3n) is 8.36. The molecule has 0 aromatic heterocycles. The summed E-state index contributed by atoms with van der Waals surface area (Å²) in [7, 11) is 0. The summed E-state index contributed by atoms with van der Waals surface area (Å²) < 4.78 is 0. The van der Waals surface area contributed by atoms with E-state index in [1.54, 1.807) is 16.7 Å². The SMILES string of the molecule is Cc1c(C)c(C)c(-c2c(C)c(C)c(C3CCC(C)CC3)c(C)c2C)c(C)c1C. The van der Waals surface area contributed by atoms with Crippen LogP contribution in [0.1, 0.15) is 94.2 Å². The summed E-state index contributed by atoms with van der Waals surface area (Å²) in [5, 5.41) is 0. The second-order valence-electron chi connectivity index (χ2n) is 9.75. The predicted octanol–water partition coefficient (Wildman–Crippen LogP) is 8.42. The van der Waals surface area contributed by atoms with Crippen LogP contribution >= 0.6 is 0 Å². The molecule has 1 saturated carbocycles. The Bertz CT molecular complexity index is 860. The summed E-state index contributed by atoms with van der Waals surface area (Å²) in [5.41, 5.74) is 18.1. The van der Waals surface area contributed by atoms with Crippen molar-refractivity contribution in [2.45, 2.75) is 101 Å². The maximum atomic E-state index is 2.42. The molecule has 1 aliphatic carbocycles. The van der Waals surface area contributed by atoms with Gasteiger partial charge in [0, 0.05) is 0 Å². The minimum absolute atomic E-state index is 0.756. The number of benzene rings is 2. The van der Waals surface area contributed by atoms with Gasteiger partial charge in [-0.25, -0.2) is 0 Å². The Kier molecular flexibility index (Phi) is 5.81. The van der Waals surface area contributed by atoms with Crippen molar-refractivity contribution in [1.82, 2.24) is 0 Å². The van der Waals surface area contributed by atoms with Crippen molar-refractivity contribution in [2.75, 3.05) is 0 Å². The van der Waals surface area contributed by atoms with Gasteiger partial charge in [-0.3, -0.25) is 0 Å². The van der Waals surface area contributed by atoms with Gasteiger partial charge in [-0.15, -0.1) is 0 Å². The number of hydrogen-bond donors (Lipinski definition) is 0. The zero-order valence-corrected chi connectivity index (χ0v) is 20.0. The van der Waals surface area contributed by atoms with Crippen molar-refractivity contribution < 1.29 is 0 Å². The lowest BCUT2D eigenvalue weighted by atomic mass is 9.73. The van der Waals surface area contributed by atoms with Crippen LogP contribution in [0.5, 0.6) is 0 Å². The first-order chi connectivity index (χ1) is 13.1. The van der Waals surface area contributed by atoms with Crippen molar-refractivity contribution in [3.63, 3.8) is 0 Å². The van der Waals surface area contributed by atoms with Crippen molar-refractivity contribution in [3.05, 3.63) is 55.6 Å². The second-order valence-corrected chi connectivity index (χ2v) is 9.75. The third-order valence-corrected chi connectivity index (χ3v) is 8.36. The average molecular weight is 377 g/mol. The van der Waals surface area contributed by atoms with Crippen molar-refractivity contribution in [1.29, 1.82) is 0 Å². The van der Waals surface area contributed by atoms with Crippen molar-refractivity contribution in [3.8, 4) is 11.1 Å². The highest BCUT2D eigenvalue weighted by Gasteiger charge is 2.27. The van der Waals surface area contributed by atoms with Gasteiger partial charge in [0.15, 0.2) is 0 Å². The number of hydrogen-bond acceptors (Lipinski definition) is 0. The van der Waals surface area contributed by atoms with E-state index in [0.717, 1.165) is 11.8 Å². The maximum Gasteiger partial charge on any atom is -0.0114 e. The minimum Gasteiger partial charge on any atom is -0.0625 e. The molecule has 0 nitrogen and oxygen atoms in total. The molecule has 1 fully saturated rings. The van der Waals surface area contributed by atoms with Crippen LogP contribution < -0.4 is 0 Å². The highest BCUT2D eigenvalue weighted by atomic mass is 14.3. The Balaban J connectivity index is 2.26. The highest BCUT2D eigenvalue weighted by molar-refractivity contribution is 5.81. The molecule has 0 atom stereocenters. The molecule has 2 aromatic rings. The molecular weight excluding hydrogens is 336 g/mol. The second kappa shape index (κ2) is 7.69. The molecule has 0 saturated heterocycles. The molecule has 152 valence electrons. The Labute approximate surface area is 173 Å². The summed E-state index contributed by atoms with van der Waals surface area (Å²) in [6.45, 7) is 23.4. The van der Waals surface area contributed by atoms with E-state index in [1.165, 1.54) is 75.8 Å². The van der Waals surface area contributed by atoms with E-state index >= 15 is 0 Å². The van der Waals surface area contributed by atoms with Crippen LogP contribution in [0.3, 0.4) is 0 Å². The standard InChI is InChI=1S/C28H40/c1-15-11-13-25(14-12-15)26-21(7)23(9)28(24(10)22(26)8)27-19(5)17(3)16(2)18(4)20(27)6/h15,25H,11-14H2,1-10H3. The van der Waals surface area contributed by atoms with Crippen LogP contribution in [0.25, 0.3) is 11.1 Å². The van der Waals surface area contributed by atoms with E-state index in [-0.39, 0.29) is 0 Å². The monoisotopic (exact) mass is 376 g/mol. The molecule has 0 amide bonds. The first-order valence-electron chi connectivity index (χ1n) is 11.2. The van der Waals surface area contributed by atoms with Gasteiger partial charge >= 0.3 is 0 Å². The molecule has 0 bridgehead atoms. The fourth-order valence-electron chi connectivity index (χ4n) is 5.75. The van der Waals surface area contributed by atoms with E-state index in [4.69, 9.17) is 0 Å². The van der Waals surface area contributed by atoms with Crippen molar-refractivity contribution >= 4 is 0 Å². The van der Waals surface area contributed by atoms with Crippen LogP contribution in [0.2, 0.25) is 0 Å². The van der Waals surface area contributed by atoms with Gasteiger partial charge in [0.1, 0.15) is 0 Å². The fraction of sp³-hybridized carbons (Fsp3) is 0.571. The predicted molar refractivity (Wildman–Crippen MR) is 125 cm³/mol. The van der Waals surface area contributed by atoms with Gasteiger partial charge in [-0.05, 0) is 154 Å². The molecule has 2 aromatic carbocycles. The summed E-state index contributed by atoms with van der Waals surface area (Å²) >= 11 is 0. The lowest BCUT2D eigenvalue weighted by molar-refractivity contribution is 0.346. The normalized spacial score (nSPS) is 19.9. The van der Waals surface area contributed by atoms with E-state index in [9.17, 15) is 0 Å². The van der Waals surface area contributed by atoms with Gasteiger partial charge in [0.2, 0.25) is 0 Å². The molecular formula is C28H40. The quantitative estimate of drug-likeness (QED) is 0.493. The zero-order valence-electron chi connectivity index (χ0n) is 20.0. The fourth-order valence-corrected chi connectivity index (χ4v) is 5.75. The molecule has 0 N–H and O–H groups in total. The number of rotatable bonds is 2. The molecule has 0 unspecified atom stereocenters. The van der Waals surface area contributed by atoms with Crippen LogP contribution in [-0.4, -0.2) is 0 Å². The molecule has 0 heterocycles. The van der Waals surface area contributed by atoms with Crippen LogP contribution in [0.15, 0.2) is 0 Å². The highest BCUT2D eigenvalue weighted by Crippen LogP contribution is 2.45. The Hall–Kier alpha value is -1.56. The summed E-state index contributed by atoms with van der Waals surface area (Å²) in [4.78, 5) is 0. The van der Waals surface area contributed by atoms with Crippen LogP contribution in [0.4, 0.5) is 0 Å². The van der Waals surface area contributed by atoms with E-state index < -0.39 is 0 Å². The van der Waals surface area contributed by atoms with Crippen LogP contribution in [-0.2, 0) is 0 Å². The molecule has 0 heteroatoms. The Morgan fingerprint density at radius 3 is 1.14 bits per heavy atom. The largest absolute Gasteiger partial charge is 0.0625 e. The average Bonchev–Trinajstić information content (AvgIpc) is 2.67. The summed E-state index contributed by atoms with van der Waals surface area (Å²) in [6.07, 6.45) is 5.50. The molecule has 0 spiro atoms. The van der Waals surface area contributed by atoms with E-state index in [0.29, 0.717) is 0 Å². The van der Waals surface area contributed by atoms with Gasteiger partial charge in [0.25, 0.3) is 0 Å². The lowest BCUT2D eigenvalue weighted by Crippen LogP contribution is -2.15. The minimum atomic E-state index is 0.756. The van der Waals surface area contributed by atoms with Gasteiger partial charge in [0.05, 0.1) is 0 Å². The first-order valence-corrected chi connectivity index (χ1v) is 11.2. The molecule has 3 rings (SSSR count). The topological polar surface area (TPSA) is 0 Å². The van der Waals surface area contributed by atoms with Gasteiger partial charge < -0.3 is 0 Å². The smallest absolute Gasteiger partial charge is 0.0114 e. The van der Waals surface area contributed by atoms with E-state index in [2.05, 4.69) is 69.2 Å². The molecule has 0 radical (unpaired) electrons. The summed E-state index contributed by atoms with van der Waals surface area (Å²) in [5.74, 6) is 1.66. The Morgan fingerprint density at radius 2 is 0.750 bits per heavy atom. The van der Waals surface area contributed by atoms with Crippen LogP contribution in [0, 0.1) is 68.2 Å². The zero-order chi connectivity index (χ0) is 20.9. The molecule has 0 aliphatic heterocycles. The molecule has 1 aliphatic rings. The first kappa shape index (κ1) is 21.2. The maximum absolute atomic E-state index is 2.42.